The van der Waals surface area contributed by atoms with Crippen LogP contribution in [0, 0.1) is 0 Å². The molecule has 0 fully saturated rings. The van der Waals surface area contributed by atoms with E-state index in [-0.39, 0.29) is 5.91 Å². The summed E-state index contributed by atoms with van der Waals surface area (Å²) in [6.45, 7) is 2.73. The minimum atomic E-state index is -0.187. The van der Waals surface area contributed by atoms with Gasteiger partial charge in [-0.25, -0.2) is 0 Å². The van der Waals surface area contributed by atoms with E-state index in [0.717, 1.165) is 12.8 Å². The molecule has 0 radical (unpaired) electrons. The number of benzene rings is 2. The highest BCUT2D eigenvalue weighted by Gasteiger charge is 2.19. The number of ether oxygens (including phenoxy) is 3. The molecule has 0 atom stereocenters. The zero-order valence-electron chi connectivity index (χ0n) is 14.5. The summed E-state index contributed by atoms with van der Waals surface area (Å²) < 4.78 is 16.6. The van der Waals surface area contributed by atoms with Crippen molar-refractivity contribution in [3.63, 3.8) is 0 Å². The van der Waals surface area contributed by atoms with Crippen molar-refractivity contribution in [1.29, 1.82) is 0 Å². The predicted molar refractivity (Wildman–Crippen MR) is 100 cm³/mol. The van der Waals surface area contributed by atoms with Gasteiger partial charge in [0.25, 0.3) is 5.91 Å². The molecule has 0 aromatic heterocycles. The third-order valence-electron chi connectivity index (χ3n) is 3.99. The first kappa shape index (κ1) is 18.5. The lowest BCUT2D eigenvalue weighted by atomic mass is 10.1. The van der Waals surface area contributed by atoms with E-state index in [2.05, 4.69) is 17.4 Å². The number of hydrogen-bond donors (Lipinski definition) is 1. The first-order valence-corrected chi connectivity index (χ1v) is 9.11. The van der Waals surface area contributed by atoms with E-state index in [1.54, 1.807) is 12.1 Å². The van der Waals surface area contributed by atoms with Gasteiger partial charge in [-0.1, -0.05) is 41.9 Å². The Kier molecular flexibility index (Phi) is 6.75. The van der Waals surface area contributed by atoms with Crippen molar-refractivity contribution in [2.75, 3.05) is 33.0 Å². The van der Waals surface area contributed by atoms with Gasteiger partial charge in [0.15, 0.2) is 11.5 Å². The average Bonchev–Trinajstić information content (AvgIpc) is 2.68. The van der Waals surface area contributed by atoms with Gasteiger partial charge in [0, 0.05) is 18.7 Å². The summed E-state index contributed by atoms with van der Waals surface area (Å²) in [5.41, 5.74) is 1.72. The molecule has 1 heterocycles. The van der Waals surface area contributed by atoms with Gasteiger partial charge in [-0.2, -0.15) is 0 Å². The molecule has 6 heteroatoms. The zero-order valence-corrected chi connectivity index (χ0v) is 15.3. The van der Waals surface area contributed by atoms with Crippen LogP contribution in [0.1, 0.15) is 22.3 Å². The van der Waals surface area contributed by atoms with Crippen LogP contribution in [0.2, 0.25) is 5.02 Å². The van der Waals surface area contributed by atoms with E-state index in [9.17, 15) is 4.79 Å². The van der Waals surface area contributed by atoms with Crippen molar-refractivity contribution in [1.82, 2.24) is 5.32 Å². The lowest BCUT2D eigenvalue weighted by Crippen LogP contribution is -2.26. The number of hydrogen-bond acceptors (Lipinski definition) is 4. The quantitative estimate of drug-likeness (QED) is 0.717. The van der Waals surface area contributed by atoms with Gasteiger partial charge in [0.05, 0.1) is 11.6 Å². The van der Waals surface area contributed by atoms with Crippen LogP contribution in [0.15, 0.2) is 42.5 Å². The van der Waals surface area contributed by atoms with E-state index in [1.165, 1.54) is 5.56 Å². The molecule has 0 saturated carbocycles. The minimum absolute atomic E-state index is 0.187. The summed E-state index contributed by atoms with van der Waals surface area (Å²) in [7, 11) is 0. The predicted octanol–water partition coefficient (Wildman–Crippen LogP) is 3.49. The van der Waals surface area contributed by atoms with Crippen LogP contribution in [0.4, 0.5) is 0 Å². The molecule has 1 amide bonds. The van der Waals surface area contributed by atoms with Gasteiger partial charge in [-0.15, -0.1) is 0 Å². The molecular formula is C20H22ClNO4. The number of rotatable bonds is 8. The highest BCUT2D eigenvalue weighted by atomic mass is 35.5. The van der Waals surface area contributed by atoms with Gasteiger partial charge < -0.3 is 19.5 Å². The van der Waals surface area contributed by atoms with Gasteiger partial charge in [0.2, 0.25) is 0 Å². The zero-order chi connectivity index (χ0) is 18.2. The smallest absolute Gasteiger partial charge is 0.251 e. The fourth-order valence-electron chi connectivity index (χ4n) is 2.66. The maximum atomic E-state index is 12.2. The Hall–Kier alpha value is -2.24. The van der Waals surface area contributed by atoms with E-state index in [1.807, 2.05) is 18.2 Å². The van der Waals surface area contributed by atoms with Crippen LogP contribution in [0.3, 0.4) is 0 Å². The molecule has 1 aliphatic rings. The Bertz CT molecular complexity index is 736. The Morgan fingerprint density at radius 1 is 1.12 bits per heavy atom. The Balaban J connectivity index is 1.36. The summed E-state index contributed by atoms with van der Waals surface area (Å²) in [5.74, 6) is 0.826. The summed E-state index contributed by atoms with van der Waals surface area (Å²) in [5, 5.41) is 3.25. The lowest BCUT2D eigenvalue weighted by Gasteiger charge is -2.20. The van der Waals surface area contributed by atoms with Gasteiger partial charge >= 0.3 is 0 Å². The van der Waals surface area contributed by atoms with E-state index in [4.69, 9.17) is 25.8 Å². The first-order valence-electron chi connectivity index (χ1n) is 8.73. The number of carbonyl (C=O) groups excluding carboxylic acids is 1. The molecule has 0 aliphatic carbocycles. The summed E-state index contributed by atoms with van der Waals surface area (Å²) in [4.78, 5) is 12.2. The third kappa shape index (κ3) is 5.13. The van der Waals surface area contributed by atoms with Crippen molar-refractivity contribution in [2.45, 2.75) is 12.8 Å². The summed E-state index contributed by atoms with van der Waals surface area (Å²) in [6, 6.07) is 13.5. The third-order valence-corrected chi connectivity index (χ3v) is 4.27. The molecule has 26 heavy (non-hydrogen) atoms. The fraction of sp³-hybridized carbons (Fsp3) is 0.350. The van der Waals surface area contributed by atoms with Crippen molar-refractivity contribution in [3.8, 4) is 11.5 Å². The first-order chi connectivity index (χ1) is 12.7. The Labute approximate surface area is 158 Å². The van der Waals surface area contributed by atoms with Gasteiger partial charge in [-0.3, -0.25) is 4.79 Å². The van der Waals surface area contributed by atoms with Crippen LogP contribution in [0.5, 0.6) is 11.5 Å². The molecule has 0 unspecified atom stereocenters. The minimum Gasteiger partial charge on any atom is -0.486 e. The van der Waals surface area contributed by atoms with Crippen molar-refractivity contribution in [3.05, 3.63) is 58.6 Å². The molecule has 0 spiro atoms. The summed E-state index contributed by atoms with van der Waals surface area (Å²) in [6.07, 6.45) is 1.64. The lowest BCUT2D eigenvalue weighted by molar-refractivity contribution is 0.0941. The molecule has 138 valence electrons. The average molecular weight is 376 g/mol. The number of fused-ring (bicyclic) bond motifs is 1. The van der Waals surface area contributed by atoms with Crippen LogP contribution in [-0.4, -0.2) is 38.9 Å². The Morgan fingerprint density at radius 2 is 1.92 bits per heavy atom. The van der Waals surface area contributed by atoms with Crippen LogP contribution >= 0.6 is 11.6 Å². The fourth-order valence-corrected chi connectivity index (χ4v) is 2.92. The maximum Gasteiger partial charge on any atom is 0.251 e. The van der Waals surface area contributed by atoms with E-state index in [0.29, 0.717) is 55.1 Å². The number of amides is 1. The molecule has 1 N–H and O–H groups in total. The topological polar surface area (TPSA) is 56.8 Å². The van der Waals surface area contributed by atoms with Crippen molar-refractivity contribution >= 4 is 17.5 Å². The van der Waals surface area contributed by atoms with Crippen molar-refractivity contribution < 1.29 is 19.0 Å². The monoisotopic (exact) mass is 375 g/mol. The van der Waals surface area contributed by atoms with Crippen molar-refractivity contribution in [2.24, 2.45) is 0 Å². The molecule has 2 aromatic carbocycles. The maximum absolute atomic E-state index is 12.2. The molecule has 2 aromatic rings. The van der Waals surface area contributed by atoms with E-state index < -0.39 is 0 Å². The SMILES string of the molecule is O=C(NCCCOCCc1ccccc1)c1cc(Cl)c2c(c1)OCCO2. The normalized spacial score (nSPS) is 12.7. The molecule has 1 aliphatic heterocycles. The van der Waals surface area contributed by atoms with Gasteiger partial charge in [-0.05, 0) is 30.5 Å². The molecule has 3 rings (SSSR count). The second kappa shape index (κ2) is 9.46. The van der Waals surface area contributed by atoms with Gasteiger partial charge in [0.1, 0.15) is 13.2 Å². The molecule has 0 bridgehead atoms. The Morgan fingerprint density at radius 3 is 2.77 bits per heavy atom. The summed E-state index contributed by atoms with van der Waals surface area (Å²) >= 11 is 6.16. The van der Waals surface area contributed by atoms with Crippen LogP contribution in [-0.2, 0) is 11.2 Å². The molecule has 5 nitrogen and oxygen atoms in total. The number of carbonyl (C=O) groups is 1. The van der Waals surface area contributed by atoms with Crippen LogP contribution in [0.25, 0.3) is 0 Å². The molecule has 0 saturated heterocycles. The van der Waals surface area contributed by atoms with E-state index >= 15 is 0 Å². The largest absolute Gasteiger partial charge is 0.486 e. The highest BCUT2D eigenvalue weighted by Crippen LogP contribution is 2.38. The number of nitrogens with one attached hydrogen (secondary N) is 1. The second-order valence-corrected chi connectivity index (χ2v) is 6.35. The number of halogens is 1. The molecular weight excluding hydrogens is 354 g/mol. The highest BCUT2D eigenvalue weighted by molar-refractivity contribution is 6.32. The standard InChI is InChI=1S/C20H22ClNO4/c21-17-13-16(14-18-19(17)26-12-11-25-18)20(23)22-8-4-9-24-10-7-15-5-2-1-3-6-15/h1-3,5-6,13-14H,4,7-12H2,(H,22,23). The second-order valence-electron chi connectivity index (χ2n) is 5.94. The van der Waals surface area contributed by atoms with Crippen LogP contribution < -0.4 is 14.8 Å².